The number of carbonyl (C=O) groups is 1. The van der Waals surface area contributed by atoms with E-state index in [1.807, 2.05) is 25.1 Å². The van der Waals surface area contributed by atoms with Crippen LogP contribution in [-0.4, -0.2) is 42.2 Å². The van der Waals surface area contributed by atoms with E-state index in [1.54, 1.807) is 0 Å². The first-order valence-corrected chi connectivity index (χ1v) is 7.58. The van der Waals surface area contributed by atoms with Crippen molar-refractivity contribution >= 4 is 17.3 Å². The number of nitrogen functional groups attached to an aromatic ring is 1. The molecule has 1 aromatic rings. The Morgan fingerprint density at radius 3 is 3.10 bits per heavy atom. The van der Waals surface area contributed by atoms with Gasteiger partial charge < -0.3 is 21.1 Å². The molecule has 1 heterocycles. The third-order valence-corrected chi connectivity index (χ3v) is 4.21. The molecular formula is C16H25N3O2. The summed E-state index contributed by atoms with van der Waals surface area (Å²) in [5.41, 5.74) is 8.23. The van der Waals surface area contributed by atoms with Gasteiger partial charge in [-0.25, -0.2) is 0 Å². The maximum atomic E-state index is 12.0. The normalized spacial score (nSPS) is 18.9. The fraction of sp³-hybridized carbons (Fsp3) is 0.562. The van der Waals surface area contributed by atoms with Gasteiger partial charge in [-0.1, -0.05) is 6.07 Å². The minimum atomic E-state index is 0.0225. The van der Waals surface area contributed by atoms with Crippen LogP contribution < -0.4 is 11.1 Å². The van der Waals surface area contributed by atoms with Crippen molar-refractivity contribution in [1.82, 2.24) is 4.90 Å². The molecular weight excluding hydrogens is 266 g/mol. The lowest BCUT2D eigenvalue weighted by molar-refractivity contribution is -0.116. The highest BCUT2D eigenvalue weighted by molar-refractivity contribution is 5.92. The average Bonchev–Trinajstić information content (AvgIpc) is 2.90. The molecule has 1 fully saturated rings. The predicted molar refractivity (Wildman–Crippen MR) is 85.1 cm³/mol. The second kappa shape index (κ2) is 7.43. The van der Waals surface area contributed by atoms with Crippen molar-refractivity contribution in [2.24, 2.45) is 5.92 Å². The van der Waals surface area contributed by atoms with Gasteiger partial charge in [0, 0.05) is 37.5 Å². The van der Waals surface area contributed by atoms with E-state index < -0.39 is 0 Å². The molecule has 1 unspecified atom stereocenters. The zero-order valence-electron chi connectivity index (χ0n) is 12.6. The minimum absolute atomic E-state index is 0.0225. The summed E-state index contributed by atoms with van der Waals surface area (Å²) in [7, 11) is 0. The highest BCUT2D eigenvalue weighted by Crippen LogP contribution is 2.21. The van der Waals surface area contributed by atoms with Gasteiger partial charge in [-0.3, -0.25) is 4.79 Å². The lowest BCUT2D eigenvalue weighted by Gasteiger charge is -2.16. The third kappa shape index (κ3) is 4.44. The maximum absolute atomic E-state index is 12.0. The number of rotatable bonds is 6. The molecule has 0 saturated carbocycles. The van der Waals surface area contributed by atoms with Gasteiger partial charge in [0.25, 0.3) is 0 Å². The number of anilines is 2. The number of aliphatic hydroxyl groups is 1. The van der Waals surface area contributed by atoms with Crippen molar-refractivity contribution in [1.29, 1.82) is 0 Å². The second-order valence-corrected chi connectivity index (χ2v) is 5.79. The lowest BCUT2D eigenvalue weighted by Crippen LogP contribution is -2.26. The van der Waals surface area contributed by atoms with Gasteiger partial charge in [0.1, 0.15) is 0 Å². The van der Waals surface area contributed by atoms with Gasteiger partial charge in [0.15, 0.2) is 0 Å². The summed E-state index contributed by atoms with van der Waals surface area (Å²) in [5.74, 6) is 0.600. The number of aliphatic hydroxyl groups excluding tert-OH is 1. The Hall–Kier alpha value is -1.59. The van der Waals surface area contributed by atoms with Gasteiger partial charge in [0.2, 0.25) is 5.91 Å². The Morgan fingerprint density at radius 1 is 1.52 bits per heavy atom. The summed E-state index contributed by atoms with van der Waals surface area (Å²) in [4.78, 5) is 14.3. The Bertz CT molecular complexity index is 490. The summed E-state index contributed by atoms with van der Waals surface area (Å²) in [5, 5.41) is 11.9. The van der Waals surface area contributed by atoms with E-state index in [2.05, 4.69) is 10.2 Å². The first-order valence-electron chi connectivity index (χ1n) is 7.58. The first kappa shape index (κ1) is 15.8. The quantitative estimate of drug-likeness (QED) is 0.696. The van der Waals surface area contributed by atoms with Gasteiger partial charge in [-0.2, -0.15) is 0 Å². The smallest absolute Gasteiger partial charge is 0.225 e. The Kier molecular flexibility index (Phi) is 5.59. The SMILES string of the molecule is Cc1c(N)cccc1NC(=O)CCN1CCC(CCO)C1. The molecule has 21 heavy (non-hydrogen) atoms. The van der Waals surface area contributed by atoms with Crippen LogP contribution in [0.2, 0.25) is 0 Å². The van der Waals surface area contributed by atoms with E-state index >= 15 is 0 Å². The number of nitrogens with one attached hydrogen (secondary N) is 1. The molecule has 0 bridgehead atoms. The first-order chi connectivity index (χ1) is 10.1. The number of nitrogens with zero attached hydrogens (tertiary/aromatic N) is 1. The number of nitrogens with two attached hydrogens (primary N) is 1. The Labute approximate surface area is 126 Å². The Balaban J connectivity index is 1.77. The van der Waals surface area contributed by atoms with Crippen LogP contribution in [0.4, 0.5) is 11.4 Å². The van der Waals surface area contributed by atoms with E-state index in [-0.39, 0.29) is 12.5 Å². The third-order valence-electron chi connectivity index (χ3n) is 4.21. The zero-order valence-corrected chi connectivity index (χ0v) is 12.6. The van der Waals surface area contributed by atoms with Crippen LogP contribution in [0.5, 0.6) is 0 Å². The van der Waals surface area contributed by atoms with Crippen LogP contribution in [0.15, 0.2) is 18.2 Å². The lowest BCUT2D eigenvalue weighted by atomic mass is 10.1. The molecule has 0 aromatic heterocycles. The van der Waals surface area contributed by atoms with E-state index in [0.29, 0.717) is 18.0 Å². The minimum Gasteiger partial charge on any atom is -0.398 e. The number of benzene rings is 1. The van der Waals surface area contributed by atoms with E-state index in [4.69, 9.17) is 10.8 Å². The van der Waals surface area contributed by atoms with Crippen molar-refractivity contribution < 1.29 is 9.90 Å². The molecule has 0 aliphatic carbocycles. The summed E-state index contributed by atoms with van der Waals surface area (Å²) in [6, 6.07) is 5.55. The van der Waals surface area contributed by atoms with Crippen LogP contribution in [-0.2, 0) is 4.79 Å². The van der Waals surface area contributed by atoms with Crippen molar-refractivity contribution in [3.05, 3.63) is 23.8 Å². The second-order valence-electron chi connectivity index (χ2n) is 5.79. The zero-order chi connectivity index (χ0) is 15.2. The number of amides is 1. The molecule has 0 radical (unpaired) electrons. The summed E-state index contributed by atoms with van der Waals surface area (Å²) < 4.78 is 0. The van der Waals surface area contributed by atoms with Crippen LogP contribution in [0.1, 0.15) is 24.8 Å². The molecule has 1 aliphatic rings. The topological polar surface area (TPSA) is 78.6 Å². The van der Waals surface area contributed by atoms with E-state index in [9.17, 15) is 4.79 Å². The molecule has 1 aromatic carbocycles. The van der Waals surface area contributed by atoms with Crippen LogP contribution in [0.25, 0.3) is 0 Å². The average molecular weight is 291 g/mol. The molecule has 1 saturated heterocycles. The molecule has 0 spiro atoms. The van der Waals surface area contributed by atoms with Crippen LogP contribution in [0, 0.1) is 12.8 Å². The molecule has 1 amide bonds. The fourth-order valence-corrected chi connectivity index (χ4v) is 2.80. The molecule has 116 valence electrons. The monoisotopic (exact) mass is 291 g/mol. The molecule has 4 N–H and O–H groups in total. The molecule has 5 nitrogen and oxygen atoms in total. The molecule has 1 atom stereocenters. The van der Waals surface area contributed by atoms with Gasteiger partial charge in [-0.05, 0) is 49.9 Å². The van der Waals surface area contributed by atoms with Crippen molar-refractivity contribution in [3.63, 3.8) is 0 Å². The number of hydrogen-bond acceptors (Lipinski definition) is 4. The number of hydrogen-bond donors (Lipinski definition) is 3. The van der Waals surface area contributed by atoms with Crippen molar-refractivity contribution in [2.75, 3.05) is 37.3 Å². The van der Waals surface area contributed by atoms with E-state index in [0.717, 1.165) is 43.7 Å². The van der Waals surface area contributed by atoms with Gasteiger partial charge in [0.05, 0.1) is 0 Å². The van der Waals surface area contributed by atoms with Gasteiger partial charge in [-0.15, -0.1) is 0 Å². The van der Waals surface area contributed by atoms with Crippen LogP contribution >= 0.6 is 0 Å². The number of carbonyl (C=O) groups excluding carboxylic acids is 1. The van der Waals surface area contributed by atoms with Crippen molar-refractivity contribution in [2.45, 2.75) is 26.2 Å². The standard InChI is InChI=1S/C16H25N3O2/c1-12-14(17)3-2-4-15(12)18-16(21)6-9-19-8-5-13(11-19)7-10-20/h2-4,13,20H,5-11,17H2,1H3,(H,18,21). The largest absolute Gasteiger partial charge is 0.398 e. The summed E-state index contributed by atoms with van der Waals surface area (Å²) >= 11 is 0. The molecule has 2 rings (SSSR count). The Morgan fingerprint density at radius 2 is 2.33 bits per heavy atom. The molecule has 1 aliphatic heterocycles. The highest BCUT2D eigenvalue weighted by atomic mass is 16.3. The molecule has 5 heteroatoms. The number of likely N-dealkylation sites (tertiary alicyclic amines) is 1. The summed E-state index contributed by atoms with van der Waals surface area (Å²) in [6.07, 6.45) is 2.47. The van der Waals surface area contributed by atoms with E-state index in [1.165, 1.54) is 0 Å². The predicted octanol–water partition coefficient (Wildman–Crippen LogP) is 1.61. The maximum Gasteiger partial charge on any atom is 0.225 e. The van der Waals surface area contributed by atoms with Gasteiger partial charge >= 0.3 is 0 Å². The van der Waals surface area contributed by atoms with Crippen LogP contribution in [0.3, 0.4) is 0 Å². The fourth-order valence-electron chi connectivity index (χ4n) is 2.80. The summed E-state index contributed by atoms with van der Waals surface area (Å²) in [6.45, 7) is 4.95. The van der Waals surface area contributed by atoms with Crippen molar-refractivity contribution in [3.8, 4) is 0 Å². The highest BCUT2D eigenvalue weighted by Gasteiger charge is 2.22.